The van der Waals surface area contributed by atoms with Gasteiger partial charge in [0, 0.05) is 12.4 Å². The van der Waals surface area contributed by atoms with Gasteiger partial charge in [0.05, 0.1) is 0 Å². The van der Waals surface area contributed by atoms with Crippen LogP contribution < -0.4 is 10.4 Å². The smallest absolute Gasteiger partial charge is 0.123 e. The van der Waals surface area contributed by atoms with E-state index in [9.17, 15) is 4.39 Å². The van der Waals surface area contributed by atoms with Crippen molar-refractivity contribution in [2.75, 3.05) is 0 Å². The third kappa shape index (κ3) is 4.37. The Hall–Kier alpha value is -3.23. The lowest BCUT2D eigenvalue weighted by Crippen LogP contribution is -2.36. The zero-order chi connectivity index (χ0) is 21.0. The number of benzene rings is 3. The molecule has 160 valence electrons. The molecule has 0 saturated heterocycles. The fourth-order valence-electron chi connectivity index (χ4n) is 4.68. The van der Waals surface area contributed by atoms with Crippen molar-refractivity contribution in [1.82, 2.24) is 4.98 Å². The van der Waals surface area contributed by atoms with E-state index in [4.69, 9.17) is 0 Å². The van der Waals surface area contributed by atoms with Crippen molar-refractivity contribution in [3.8, 4) is 11.1 Å². The van der Waals surface area contributed by atoms with Crippen LogP contribution in [0.15, 0.2) is 91.3 Å². The predicted molar refractivity (Wildman–Crippen MR) is 133 cm³/mol. The van der Waals surface area contributed by atoms with Crippen LogP contribution in [0.3, 0.4) is 0 Å². The molecular weight excluding hydrogens is 417 g/mol. The molecule has 0 bridgehead atoms. The van der Waals surface area contributed by atoms with Crippen LogP contribution >= 0.6 is 12.4 Å². The maximum atomic E-state index is 13.4. The first kappa shape index (κ1) is 22.0. The number of aromatic nitrogens is 1. The maximum Gasteiger partial charge on any atom is 0.123 e. The summed E-state index contributed by atoms with van der Waals surface area (Å²) in [7, 11) is 0. The molecule has 3 aromatic carbocycles. The highest BCUT2D eigenvalue weighted by molar-refractivity contribution is 5.85. The number of halogens is 2. The van der Waals surface area contributed by atoms with Crippen molar-refractivity contribution in [2.24, 2.45) is 0 Å². The first-order chi connectivity index (χ1) is 15.3. The molecule has 1 heterocycles. The van der Waals surface area contributed by atoms with Crippen LogP contribution in [0.1, 0.15) is 29.5 Å². The Kier molecular flexibility index (Phi) is 6.82. The van der Waals surface area contributed by atoms with Crippen molar-refractivity contribution in [2.45, 2.75) is 25.7 Å². The van der Waals surface area contributed by atoms with E-state index in [0.29, 0.717) is 0 Å². The molecule has 32 heavy (non-hydrogen) atoms. The fraction of sp³-hybridized carbons (Fsp3) is 0.138. The Balaban J connectivity index is 0.000000306. The van der Waals surface area contributed by atoms with Crippen molar-refractivity contribution in [3.05, 3.63) is 124 Å². The fourth-order valence-corrected chi connectivity index (χ4v) is 4.68. The first-order valence-corrected chi connectivity index (χ1v) is 10.9. The van der Waals surface area contributed by atoms with Crippen LogP contribution in [-0.2, 0) is 12.8 Å². The summed E-state index contributed by atoms with van der Waals surface area (Å²) in [6.45, 7) is 0. The average molecular weight is 442 g/mol. The highest BCUT2D eigenvalue weighted by Crippen LogP contribution is 2.27. The van der Waals surface area contributed by atoms with Gasteiger partial charge in [-0.1, -0.05) is 60.7 Å². The van der Waals surface area contributed by atoms with Crippen molar-refractivity contribution < 1.29 is 4.39 Å². The Labute approximate surface area is 194 Å². The van der Waals surface area contributed by atoms with Gasteiger partial charge in [-0.2, -0.15) is 0 Å². The molecule has 0 N–H and O–H groups in total. The lowest BCUT2D eigenvalue weighted by atomic mass is 9.83. The van der Waals surface area contributed by atoms with E-state index in [0.717, 1.165) is 31.2 Å². The maximum absolute atomic E-state index is 13.4. The zero-order valence-corrected chi connectivity index (χ0v) is 18.6. The summed E-state index contributed by atoms with van der Waals surface area (Å²) in [5.41, 5.74) is 8.04. The van der Waals surface area contributed by atoms with Crippen LogP contribution in [0.5, 0.6) is 0 Å². The summed E-state index contributed by atoms with van der Waals surface area (Å²) in [4.78, 5) is 3.78. The number of nitrogens with zero attached hydrogens (tertiary/aromatic N) is 1. The summed E-state index contributed by atoms with van der Waals surface area (Å²) in [5.74, 6) is -0.170. The largest absolute Gasteiger partial charge is 0.265 e. The quantitative estimate of drug-likeness (QED) is 0.360. The number of hydrogen-bond acceptors (Lipinski definition) is 1. The van der Waals surface area contributed by atoms with E-state index >= 15 is 0 Å². The van der Waals surface area contributed by atoms with Gasteiger partial charge in [-0.3, -0.25) is 4.98 Å². The van der Waals surface area contributed by atoms with Crippen molar-refractivity contribution in [3.63, 3.8) is 0 Å². The third-order valence-corrected chi connectivity index (χ3v) is 6.10. The Morgan fingerprint density at radius 1 is 0.688 bits per heavy atom. The van der Waals surface area contributed by atoms with Crippen molar-refractivity contribution in [1.29, 1.82) is 0 Å². The minimum absolute atomic E-state index is 0. The van der Waals surface area contributed by atoms with Crippen LogP contribution in [-0.4, -0.2) is 4.98 Å². The first-order valence-electron chi connectivity index (χ1n) is 10.9. The SMILES string of the molecule is Cl.Fc1ccc(C2=c3c(ccc4c3=CCc3ccccc3-4)CCC2)cc1.c1ccncc1. The minimum atomic E-state index is -0.170. The third-order valence-electron chi connectivity index (χ3n) is 6.10. The standard InChI is InChI=1S/C24H19F.C5H5N.ClH/c25-19-12-8-17(9-13-19)21-7-3-5-18-11-14-22-20-6-2-1-4-16(20)10-15-23(22)24(18)21;1-2-4-6-5-3-1;/h1-2,4,6,8-9,11-15H,3,5,7,10H2;1-5H;1H. The van der Waals surface area contributed by atoms with Gasteiger partial charge in [0.2, 0.25) is 0 Å². The van der Waals surface area contributed by atoms with Gasteiger partial charge >= 0.3 is 0 Å². The molecule has 0 unspecified atom stereocenters. The molecular formula is C29H25ClFN. The Morgan fingerprint density at radius 3 is 2.19 bits per heavy atom. The summed E-state index contributed by atoms with van der Waals surface area (Å²) in [5, 5.41) is 2.76. The topological polar surface area (TPSA) is 12.9 Å². The number of aryl methyl sites for hydroxylation is 1. The lowest BCUT2D eigenvalue weighted by Gasteiger charge is -2.21. The summed E-state index contributed by atoms with van der Waals surface area (Å²) < 4.78 is 13.4. The molecule has 0 radical (unpaired) electrons. The molecule has 1 aromatic heterocycles. The van der Waals surface area contributed by atoms with E-state index in [1.807, 2.05) is 30.3 Å². The number of rotatable bonds is 1. The molecule has 4 aromatic rings. The van der Waals surface area contributed by atoms with Crippen LogP contribution in [0.4, 0.5) is 4.39 Å². The molecule has 2 aliphatic rings. The lowest BCUT2D eigenvalue weighted by molar-refractivity contribution is 0.627. The predicted octanol–water partition coefficient (Wildman–Crippen LogP) is 5.87. The average Bonchev–Trinajstić information content (AvgIpc) is 2.85. The molecule has 3 heteroatoms. The van der Waals surface area contributed by atoms with Crippen LogP contribution in [0, 0.1) is 5.82 Å². The molecule has 0 amide bonds. The van der Waals surface area contributed by atoms with Gasteiger partial charge < -0.3 is 0 Å². The van der Waals surface area contributed by atoms with Gasteiger partial charge in [0.25, 0.3) is 0 Å². The summed E-state index contributed by atoms with van der Waals surface area (Å²) in [6, 6.07) is 26.0. The monoisotopic (exact) mass is 441 g/mol. The normalized spacial score (nSPS) is 13.2. The second-order valence-corrected chi connectivity index (χ2v) is 7.99. The highest BCUT2D eigenvalue weighted by Gasteiger charge is 2.17. The van der Waals surface area contributed by atoms with Gasteiger partial charge in [-0.05, 0) is 93.8 Å². The molecule has 2 aliphatic carbocycles. The van der Waals surface area contributed by atoms with E-state index in [-0.39, 0.29) is 18.2 Å². The number of fused-ring (bicyclic) bond motifs is 5. The minimum Gasteiger partial charge on any atom is -0.265 e. The summed E-state index contributed by atoms with van der Waals surface area (Å²) in [6.07, 6.45) is 10.2. The number of hydrogen-bond donors (Lipinski definition) is 0. The van der Waals surface area contributed by atoms with Crippen LogP contribution in [0.25, 0.3) is 22.8 Å². The number of pyridine rings is 1. The van der Waals surface area contributed by atoms with E-state index in [1.165, 1.54) is 38.3 Å². The second kappa shape index (κ2) is 9.93. The Bertz CT molecular complexity index is 1300. The molecule has 1 nitrogen and oxygen atoms in total. The van der Waals surface area contributed by atoms with Gasteiger partial charge in [-0.15, -0.1) is 12.4 Å². The van der Waals surface area contributed by atoms with Gasteiger partial charge in [0.15, 0.2) is 0 Å². The highest BCUT2D eigenvalue weighted by atomic mass is 35.5. The van der Waals surface area contributed by atoms with E-state index < -0.39 is 0 Å². The van der Waals surface area contributed by atoms with Crippen molar-refractivity contribution >= 4 is 24.1 Å². The summed E-state index contributed by atoms with van der Waals surface area (Å²) >= 11 is 0. The molecule has 0 atom stereocenters. The van der Waals surface area contributed by atoms with Gasteiger partial charge in [-0.25, -0.2) is 4.39 Å². The van der Waals surface area contributed by atoms with Gasteiger partial charge in [0.1, 0.15) is 5.82 Å². The molecule has 0 fully saturated rings. The molecule has 0 saturated carbocycles. The molecule has 6 rings (SSSR count). The Morgan fingerprint density at radius 2 is 1.47 bits per heavy atom. The second-order valence-electron chi connectivity index (χ2n) is 7.99. The zero-order valence-electron chi connectivity index (χ0n) is 17.8. The van der Waals surface area contributed by atoms with E-state index in [1.54, 1.807) is 24.5 Å². The van der Waals surface area contributed by atoms with E-state index in [2.05, 4.69) is 47.5 Å². The molecule has 0 spiro atoms. The molecule has 0 aliphatic heterocycles. The van der Waals surface area contributed by atoms with Crippen LogP contribution in [0.2, 0.25) is 0 Å².